The van der Waals surface area contributed by atoms with Gasteiger partial charge in [-0.2, -0.15) is 0 Å². The van der Waals surface area contributed by atoms with Crippen LogP contribution >= 0.6 is 0 Å². The van der Waals surface area contributed by atoms with Gasteiger partial charge in [-0.05, 0) is 24.0 Å². The lowest BCUT2D eigenvalue weighted by Crippen LogP contribution is -1.83. The van der Waals surface area contributed by atoms with Crippen LogP contribution in [0.25, 0.3) is 0 Å². The third-order valence-corrected chi connectivity index (χ3v) is 1.81. The van der Waals surface area contributed by atoms with Gasteiger partial charge >= 0.3 is 0 Å². The fourth-order valence-electron chi connectivity index (χ4n) is 1.07. The molecule has 16 heavy (non-hydrogen) atoms. The van der Waals surface area contributed by atoms with E-state index < -0.39 is 0 Å². The van der Waals surface area contributed by atoms with Gasteiger partial charge < -0.3 is 0 Å². The van der Waals surface area contributed by atoms with E-state index in [1.807, 2.05) is 41.5 Å². The number of aryl methyl sites for hydroxylation is 2. The van der Waals surface area contributed by atoms with Crippen LogP contribution in [0.3, 0.4) is 0 Å². The molecule has 0 atom stereocenters. The predicted molar refractivity (Wildman–Crippen MR) is 79.2 cm³/mol. The molecule has 0 saturated carbocycles. The molecule has 0 heterocycles. The van der Waals surface area contributed by atoms with E-state index in [1.54, 1.807) is 0 Å². The third kappa shape index (κ3) is 11.3. The van der Waals surface area contributed by atoms with E-state index in [0.29, 0.717) is 0 Å². The summed E-state index contributed by atoms with van der Waals surface area (Å²) in [6, 6.07) is 8.77. The molecule has 0 aliphatic rings. The van der Waals surface area contributed by atoms with Crippen LogP contribution in [0.5, 0.6) is 0 Å². The van der Waals surface area contributed by atoms with E-state index in [1.165, 1.54) is 11.1 Å². The van der Waals surface area contributed by atoms with E-state index in [9.17, 15) is 0 Å². The van der Waals surface area contributed by atoms with Gasteiger partial charge in [0.2, 0.25) is 0 Å². The average Bonchev–Trinajstić information content (AvgIpc) is 2.45. The van der Waals surface area contributed by atoms with Gasteiger partial charge in [0.1, 0.15) is 0 Å². The summed E-state index contributed by atoms with van der Waals surface area (Å²) in [5.41, 5.74) is 2.89. The normalized spacial score (nSPS) is 7.25. The molecule has 0 nitrogen and oxygen atoms in total. The van der Waals surface area contributed by atoms with Crippen LogP contribution in [0.1, 0.15) is 66.5 Å². The van der Waals surface area contributed by atoms with Crippen LogP contribution < -0.4 is 0 Å². The minimum absolute atomic E-state index is 1.15. The quantitative estimate of drug-likeness (QED) is 0.587. The van der Waals surface area contributed by atoms with Gasteiger partial charge in [-0.15, -0.1) is 0 Å². The number of hydrogen-bond acceptors (Lipinski definition) is 0. The highest BCUT2D eigenvalue weighted by molar-refractivity contribution is 5.23. The van der Waals surface area contributed by atoms with Crippen LogP contribution in [0.2, 0.25) is 0 Å². The molecule has 96 valence electrons. The van der Waals surface area contributed by atoms with Crippen LogP contribution in [-0.4, -0.2) is 0 Å². The standard InChI is InChI=1S/C10H14.3C2H6/c1-3-9-6-5-7-10(4-2)8-9;3*1-2/h5-8H,3-4H2,1-2H3;3*1-2H3. The van der Waals surface area contributed by atoms with Gasteiger partial charge in [0, 0.05) is 0 Å². The van der Waals surface area contributed by atoms with Gasteiger partial charge in [-0.25, -0.2) is 0 Å². The summed E-state index contributed by atoms with van der Waals surface area (Å²) < 4.78 is 0. The van der Waals surface area contributed by atoms with Crippen molar-refractivity contribution in [2.45, 2.75) is 68.2 Å². The van der Waals surface area contributed by atoms with Crippen LogP contribution in [0, 0.1) is 0 Å². The molecule has 0 amide bonds. The molecular formula is C16H32. The molecule has 0 bridgehead atoms. The van der Waals surface area contributed by atoms with Crippen LogP contribution in [0.15, 0.2) is 24.3 Å². The van der Waals surface area contributed by atoms with Gasteiger partial charge in [0.15, 0.2) is 0 Å². The zero-order valence-corrected chi connectivity index (χ0v) is 12.7. The maximum atomic E-state index is 2.28. The van der Waals surface area contributed by atoms with E-state index in [4.69, 9.17) is 0 Å². The zero-order valence-electron chi connectivity index (χ0n) is 12.7. The first-order valence-electron chi connectivity index (χ1n) is 6.94. The Balaban J connectivity index is -0.000000245. The molecule has 0 fully saturated rings. The van der Waals surface area contributed by atoms with Gasteiger partial charge in [0.05, 0.1) is 0 Å². The molecule has 0 spiro atoms. The van der Waals surface area contributed by atoms with Crippen molar-refractivity contribution < 1.29 is 0 Å². The Kier molecular flexibility index (Phi) is 25.4. The molecule has 0 heteroatoms. The van der Waals surface area contributed by atoms with Crippen LogP contribution in [-0.2, 0) is 12.8 Å². The topological polar surface area (TPSA) is 0 Å². The molecule has 0 unspecified atom stereocenters. The fraction of sp³-hybridized carbons (Fsp3) is 0.625. The second-order valence-electron chi connectivity index (χ2n) is 2.53. The van der Waals surface area contributed by atoms with Crippen molar-refractivity contribution in [3.05, 3.63) is 35.4 Å². The van der Waals surface area contributed by atoms with Crippen molar-refractivity contribution in [1.82, 2.24) is 0 Å². The fourth-order valence-corrected chi connectivity index (χ4v) is 1.07. The minimum Gasteiger partial charge on any atom is -0.0683 e. The Morgan fingerprint density at radius 3 is 1.25 bits per heavy atom. The lowest BCUT2D eigenvalue weighted by Gasteiger charge is -1.98. The number of rotatable bonds is 2. The zero-order chi connectivity index (χ0) is 13.4. The summed E-state index contributed by atoms with van der Waals surface area (Å²) in [6.07, 6.45) is 2.29. The highest BCUT2D eigenvalue weighted by Crippen LogP contribution is 2.05. The molecular weight excluding hydrogens is 192 g/mol. The second-order valence-corrected chi connectivity index (χ2v) is 2.53. The first-order chi connectivity index (χ1) is 7.86. The van der Waals surface area contributed by atoms with Crippen molar-refractivity contribution in [3.63, 3.8) is 0 Å². The Bertz CT molecular complexity index is 182. The molecule has 1 aromatic carbocycles. The van der Waals surface area contributed by atoms with Gasteiger partial charge in [-0.1, -0.05) is 79.7 Å². The van der Waals surface area contributed by atoms with E-state index in [-0.39, 0.29) is 0 Å². The van der Waals surface area contributed by atoms with Crippen molar-refractivity contribution in [3.8, 4) is 0 Å². The first kappa shape index (κ1) is 20.6. The summed E-state index contributed by atoms with van der Waals surface area (Å²) in [4.78, 5) is 0. The van der Waals surface area contributed by atoms with Crippen molar-refractivity contribution in [2.24, 2.45) is 0 Å². The molecule has 1 rings (SSSR count). The van der Waals surface area contributed by atoms with E-state index in [0.717, 1.165) is 12.8 Å². The Morgan fingerprint density at radius 2 is 1.00 bits per heavy atom. The van der Waals surface area contributed by atoms with Crippen LogP contribution in [0.4, 0.5) is 0 Å². The van der Waals surface area contributed by atoms with Gasteiger partial charge in [-0.3, -0.25) is 0 Å². The lowest BCUT2D eigenvalue weighted by atomic mass is 10.1. The molecule has 0 radical (unpaired) electrons. The summed E-state index contributed by atoms with van der Waals surface area (Å²) in [5.74, 6) is 0. The molecule has 0 aliphatic heterocycles. The molecule has 0 aliphatic carbocycles. The Morgan fingerprint density at radius 1 is 0.688 bits per heavy atom. The van der Waals surface area contributed by atoms with E-state index in [2.05, 4.69) is 38.1 Å². The monoisotopic (exact) mass is 224 g/mol. The largest absolute Gasteiger partial charge is 0.0683 e. The van der Waals surface area contributed by atoms with E-state index >= 15 is 0 Å². The predicted octanol–water partition coefficient (Wildman–Crippen LogP) is 5.89. The smallest absolute Gasteiger partial charge is 0.0307 e. The SMILES string of the molecule is CC.CC.CC.CCc1cccc(CC)c1. The number of benzene rings is 1. The minimum atomic E-state index is 1.15. The summed E-state index contributed by atoms with van der Waals surface area (Å²) in [7, 11) is 0. The molecule has 1 aromatic rings. The Hall–Kier alpha value is -0.780. The average molecular weight is 224 g/mol. The Labute approximate surface area is 104 Å². The third-order valence-electron chi connectivity index (χ3n) is 1.81. The summed E-state index contributed by atoms with van der Waals surface area (Å²) >= 11 is 0. The maximum Gasteiger partial charge on any atom is -0.0307 e. The molecule has 0 saturated heterocycles. The number of hydrogen-bond donors (Lipinski definition) is 0. The van der Waals surface area contributed by atoms with Crippen molar-refractivity contribution in [1.29, 1.82) is 0 Å². The maximum absolute atomic E-state index is 2.28. The van der Waals surface area contributed by atoms with Crippen molar-refractivity contribution in [2.75, 3.05) is 0 Å². The lowest BCUT2D eigenvalue weighted by molar-refractivity contribution is 1.09. The summed E-state index contributed by atoms with van der Waals surface area (Å²) in [6.45, 7) is 16.4. The molecule has 0 aromatic heterocycles. The summed E-state index contributed by atoms with van der Waals surface area (Å²) in [5, 5.41) is 0. The van der Waals surface area contributed by atoms with Gasteiger partial charge in [0.25, 0.3) is 0 Å². The second kappa shape index (κ2) is 19.7. The highest BCUT2D eigenvalue weighted by Gasteiger charge is 1.89. The molecule has 0 N–H and O–H groups in total. The van der Waals surface area contributed by atoms with Crippen molar-refractivity contribution >= 4 is 0 Å². The highest BCUT2D eigenvalue weighted by atomic mass is 13.9. The first-order valence-corrected chi connectivity index (χ1v) is 6.94.